The molecule has 0 unspecified atom stereocenters. The Kier molecular flexibility index (Phi) is 3.05. The largest absolute Gasteiger partial charge is 0.359 e. The van der Waals surface area contributed by atoms with Gasteiger partial charge in [-0.05, 0) is 19.8 Å². The Bertz CT molecular complexity index is 367. The van der Waals surface area contributed by atoms with E-state index < -0.39 is 0 Å². The van der Waals surface area contributed by atoms with Crippen LogP contribution in [0.4, 0.5) is 5.13 Å². The van der Waals surface area contributed by atoms with Crippen LogP contribution in [0.5, 0.6) is 0 Å². The van der Waals surface area contributed by atoms with E-state index in [1.807, 2.05) is 6.92 Å². The minimum absolute atomic E-state index is 0.115. The first-order chi connectivity index (χ1) is 7.16. The van der Waals surface area contributed by atoms with E-state index in [0.29, 0.717) is 6.04 Å². The SMILES string of the molecule is CC(=O)c1sc(NC2CCCC2)nc1C. The van der Waals surface area contributed by atoms with Crippen LogP contribution in [-0.4, -0.2) is 16.8 Å². The first-order valence-corrected chi connectivity index (χ1v) is 6.23. The number of aryl methyl sites for hydroxylation is 1. The highest BCUT2D eigenvalue weighted by atomic mass is 32.1. The topological polar surface area (TPSA) is 42.0 Å². The van der Waals surface area contributed by atoms with Crippen LogP contribution in [-0.2, 0) is 0 Å². The molecule has 0 aromatic carbocycles. The van der Waals surface area contributed by atoms with E-state index in [2.05, 4.69) is 10.3 Å². The van der Waals surface area contributed by atoms with Crippen LogP contribution in [0.15, 0.2) is 0 Å². The molecule has 1 saturated carbocycles. The lowest BCUT2D eigenvalue weighted by Gasteiger charge is -2.09. The third kappa shape index (κ3) is 2.37. The summed E-state index contributed by atoms with van der Waals surface area (Å²) in [6.07, 6.45) is 5.07. The van der Waals surface area contributed by atoms with E-state index in [-0.39, 0.29) is 5.78 Å². The zero-order chi connectivity index (χ0) is 10.8. The van der Waals surface area contributed by atoms with Crippen molar-refractivity contribution < 1.29 is 4.79 Å². The molecule has 0 saturated heterocycles. The molecule has 1 N–H and O–H groups in total. The van der Waals surface area contributed by atoms with E-state index in [1.165, 1.54) is 37.0 Å². The van der Waals surface area contributed by atoms with Gasteiger partial charge in [0.15, 0.2) is 10.9 Å². The van der Waals surface area contributed by atoms with Gasteiger partial charge in [0.05, 0.1) is 10.6 Å². The fourth-order valence-corrected chi connectivity index (χ4v) is 2.97. The lowest BCUT2D eigenvalue weighted by Crippen LogP contribution is -2.13. The molecular formula is C11H16N2OS. The predicted molar refractivity (Wildman–Crippen MR) is 62.7 cm³/mol. The van der Waals surface area contributed by atoms with E-state index in [9.17, 15) is 4.79 Å². The number of rotatable bonds is 3. The van der Waals surface area contributed by atoms with Gasteiger partial charge >= 0.3 is 0 Å². The molecule has 3 nitrogen and oxygen atoms in total. The summed E-state index contributed by atoms with van der Waals surface area (Å²) < 4.78 is 0. The molecule has 1 fully saturated rings. The van der Waals surface area contributed by atoms with E-state index in [0.717, 1.165) is 15.7 Å². The zero-order valence-electron chi connectivity index (χ0n) is 9.17. The molecule has 1 aromatic heterocycles. The van der Waals surface area contributed by atoms with Gasteiger partial charge in [0, 0.05) is 13.0 Å². The third-order valence-electron chi connectivity index (χ3n) is 2.80. The highest BCUT2D eigenvalue weighted by Gasteiger charge is 2.17. The molecule has 82 valence electrons. The van der Waals surface area contributed by atoms with Crippen LogP contribution < -0.4 is 5.32 Å². The Morgan fingerprint density at radius 3 is 2.67 bits per heavy atom. The number of Topliss-reactive ketones (excluding diaryl/α,β-unsaturated/α-hetero) is 1. The minimum Gasteiger partial charge on any atom is -0.359 e. The van der Waals surface area contributed by atoms with Crippen LogP contribution in [0.2, 0.25) is 0 Å². The molecule has 0 spiro atoms. The Morgan fingerprint density at radius 2 is 2.13 bits per heavy atom. The predicted octanol–water partition coefficient (Wildman–Crippen LogP) is 3.01. The summed E-state index contributed by atoms with van der Waals surface area (Å²) in [4.78, 5) is 16.4. The van der Waals surface area contributed by atoms with Crippen molar-refractivity contribution >= 4 is 22.3 Å². The maximum atomic E-state index is 11.3. The summed E-state index contributed by atoms with van der Waals surface area (Å²) in [5.41, 5.74) is 0.855. The molecule has 4 heteroatoms. The van der Waals surface area contributed by atoms with Gasteiger partial charge < -0.3 is 5.32 Å². The molecule has 1 aromatic rings. The molecule has 0 aliphatic heterocycles. The summed E-state index contributed by atoms with van der Waals surface area (Å²) in [6.45, 7) is 3.49. The van der Waals surface area contributed by atoms with Crippen molar-refractivity contribution in [2.45, 2.75) is 45.6 Å². The van der Waals surface area contributed by atoms with E-state index in [4.69, 9.17) is 0 Å². The van der Waals surface area contributed by atoms with Gasteiger partial charge in [0.2, 0.25) is 0 Å². The highest BCUT2D eigenvalue weighted by Crippen LogP contribution is 2.27. The maximum absolute atomic E-state index is 11.3. The fraction of sp³-hybridized carbons (Fsp3) is 0.636. The van der Waals surface area contributed by atoms with E-state index >= 15 is 0 Å². The van der Waals surface area contributed by atoms with Crippen molar-refractivity contribution in [3.8, 4) is 0 Å². The Labute approximate surface area is 93.9 Å². The monoisotopic (exact) mass is 224 g/mol. The zero-order valence-corrected chi connectivity index (χ0v) is 9.99. The van der Waals surface area contributed by atoms with Crippen molar-refractivity contribution in [3.05, 3.63) is 10.6 Å². The molecule has 1 aliphatic rings. The average molecular weight is 224 g/mol. The first-order valence-electron chi connectivity index (χ1n) is 5.41. The van der Waals surface area contributed by atoms with Crippen LogP contribution in [0.25, 0.3) is 0 Å². The number of carbonyl (C=O) groups excluding carboxylic acids is 1. The summed E-state index contributed by atoms with van der Waals surface area (Å²) in [5, 5.41) is 4.32. The van der Waals surface area contributed by atoms with Crippen molar-refractivity contribution in [1.82, 2.24) is 4.98 Å². The molecule has 0 amide bonds. The smallest absolute Gasteiger partial charge is 0.183 e. The van der Waals surface area contributed by atoms with Crippen molar-refractivity contribution in [2.24, 2.45) is 0 Å². The molecule has 15 heavy (non-hydrogen) atoms. The standard InChI is InChI=1S/C11H16N2OS/c1-7-10(8(2)14)15-11(12-7)13-9-5-3-4-6-9/h9H,3-6H2,1-2H3,(H,12,13). The molecule has 2 rings (SSSR count). The van der Waals surface area contributed by atoms with Gasteiger partial charge in [-0.1, -0.05) is 24.2 Å². The second kappa shape index (κ2) is 4.31. The molecule has 0 bridgehead atoms. The normalized spacial score (nSPS) is 16.9. The number of hydrogen-bond donors (Lipinski definition) is 1. The van der Waals surface area contributed by atoms with E-state index in [1.54, 1.807) is 6.92 Å². The Balaban J connectivity index is 2.08. The first kappa shape index (κ1) is 10.6. The number of anilines is 1. The van der Waals surface area contributed by atoms with Crippen molar-refractivity contribution in [2.75, 3.05) is 5.32 Å². The third-order valence-corrected chi connectivity index (χ3v) is 3.99. The minimum atomic E-state index is 0.115. The summed E-state index contributed by atoms with van der Waals surface area (Å²) in [7, 11) is 0. The van der Waals surface area contributed by atoms with Crippen LogP contribution in [0, 0.1) is 6.92 Å². The second-order valence-electron chi connectivity index (χ2n) is 4.12. The molecule has 1 heterocycles. The summed E-state index contributed by atoms with van der Waals surface area (Å²) in [5.74, 6) is 0.115. The number of aromatic nitrogens is 1. The lowest BCUT2D eigenvalue weighted by molar-refractivity contribution is 0.102. The van der Waals surface area contributed by atoms with Gasteiger partial charge in [-0.2, -0.15) is 0 Å². The number of nitrogens with one attached hydrogen (secondary N) is 1. The van der Waals surface area contributed by atoms with Crippen LogP contribution in [0.3, 0.4) is 0 Å². The quantitative estimate of drug-likeness (QED) is 0.802. The lowest BCUT2D eigenvalue weighted by atomic mass is 10.3. The average Bonchev–Trinajstić information content (AvgIpc) is 2.75. The van der Waals surface area contributed by atoms with Crippen molar-refractivity contribution in [3.63, 3.8) is 0 Å². The van der Waals surface area contributed by atoms with Gasteiger partial charge in [-0.15, -0.1) is 0 Å². The summed E-state index contributed by atoms with van der Waals surface area (Å²) >= 11 is 1.48. The molecule has 0 atom stereocenters. The van der Waals surface area contributed by atoms with Gasteiger partial charge in [0.25, 0.3) is 0 Å². The molecule has 1 aliphatic carbocycles. The number of nitrogens with zero attached hydrogens (tertiary/aromatic N) is 1. The molecular weight excluding hydrogens is 208 g/mol. The van der Waals surface area contributed by atoms with Gasteiger partial charge in [0.1, 0.15) is 0 Å². The van der Waals surface area contributed by atoms with Crippen molar-refractivity contribution in [1.29, 1.82) is 0 Å². The summed E-state index contributed by atoms with van der Waals surface area (Å²) in [6, 6.07) is 0.565. The fourth-order valence-electron chi connectivity index (χ4n) is 2.03. The molecule has 0 radical (unpaired) electrons. The number of carbonyl (C=O) groups is 1. The Hall–Kier alpha value is -0.900. The Morgan fingerprint density at radius 1 is 1.47 bits per heavy atom. The van der Waals surface area contributed by atoms with Crippen LogP contribution >= 0.6 is 11.3 Å². The number of thiazole rings is 1. The van der Waals surface area contributed by atoms with Gasteiger partial charge in [-0.25, -0.2) is 4.98 Å². The maximum Gasteiger partial charge on any atom is 0.183 e. The van der Waals surface area contributed by atoms with Crippen LogP contribution in [0.1, 0.15) is 48.0 Å². The highest BCUT2D eigenvalue weighted by molar-refractivity contribution is 7.17. The van der Waals surface area contributed by atoms with Gasteiger partial charge in [-0.3, -0.25) is 4.79 Å². The number of hydrogen-bond acceptors (Lipinski definition) is 4. The second-order valence-corrected chi connectivity index (χ2v) is 5.11. The number of ketones is 1.